The SMILES string of the molecule is COc1ccc(N=NSc2ccccc2)cc1. The topological polar surface area (TPSA) is 34.0 Å². The van der Waals surface area contributed by atoms with Gasteiger partial charge in [-0.2, -0.15) is 0 Å². The van der Waals surface area contributed by atoms with Crippen molar-refractivity contribution >= 4 is 17.6 Å². The van der Waals surface area contributed by atoms with Crippen molar-refractivity contribution in [1.29, 1.82) is 0 Å². The maximum atomic E-state index is 5.07. The van der Waals surface area contributed by atoms with Gasteiger partial charge < -0.3 is 4.74 Å². The van der Waals surface area contributed by atoms with E-state index in [0.29, 0.717) is 0 Å². The van der Waals surface area contributed by atoms with Crippen LogP contribution in [0.4, 0.5) is 5.69 Å². The van der Waals surface area contributed by atoms with Gasteiger partial charge in [0.2, 0.25) is 0 Å². The molecule has 86 valence electrons. The second kappa shape index (κ2) is 6.06. The fraction of sp³-hybridized carbons (Fsp3) is 0.0769. The molecule has 0 aromatic heterocycles. The molecule has 3 nitrogen and oxygen atoms in total. The summed E-state index contributed by atoms with van der Waals surface area (Å²) in [7, 11) is 1.64. The summed E-state index contributed by atoms with van der Waals surface area (Å²) in [5.74, 6) is 0.819. The quantitative estimate of drug-likeness (QED) is 0.586. The summed E-state index contributed by atoms with van der Waals surface area (Å²) in [4.78, 5) is 1.07. The highest BCUT2D eigenvalue weighted by molar-refractivity contribution is 7.97. The first-order valence-electron chi connectivity index (χ1n) is 5.15. The van der Waals surface area contributed by atoms with Crippen LogP contribution in [0.15, 0.2) is 69.1 Å². The number of ether oxygens (including phenoxy) is 1. The van der Waals surface area contributed by atoms with Gasteiger partial charge in [-0.3, -0.25) is 0 Å². The molecule has 17 heavy (non-hydrogen) atoms. The third kappa shape index (κ3) is 3.60. The first-order valence-corrected chi connectivity index (χ1v) is 5.93. The number of rotatable bonds is 4. The van der Waals surface area contributed by atoms with Crippen LogP contribution >= 0.6 is 11.9 Å². The average molecular weight is 244 g/mol. The van der Waals surface area contributed by atoms with Gasteiger partial charge in [-0.05, 0) is 36.4 Å². The van der Waals surface area contributed by atoms with Gasteiger partial charge in [-0.25, -0.2) is 0 Å². The molecule has 0 radical (unpaired) electrons. The fourth-order valence-corrected chi connectivity index (χ4v) is 1.75. The van der Waals surface area contributed by atoms with Crippen LogP contribution in [0.3, 0.4) is 0 Å². The highest BCUT2D eigenvalue weighted by atomic mass is 32.2. The molecule has 2 aromatic rings. The first-order chi connectivity index (χ1) is 8.38. The Bertz CT molecular complexity index is 483. The van der Waals surface area contributed by atoms with Gasteiger partial charge >= 0.3 is 0 Å². The van der Waals surface area contributed by atoms with E-state index in [1.165, 1.54) is 11.9 Å². The minimum absolute atomic E-state index is 0.814. The third-order valence-corrected chi connectivity index (χ3v) is 2.76. The zero-order valence-corrected chi connectivity index (χ0v) is 10.2. The minimum atomic E-state index is 0.814. The monoisotopic (exact) mass is 244 g/mol. The number of hydrogen-bond donors (Lipinski definition) is 0. The van der Waals surface area contributed by atoms with E-state index in [2.05, 4.69) is 9.63 Å². The Balaban J connectivity index is 1.96. The lowest BCUT2D eigenvalue weighted by molar-refractivity contribution is 0.415. The minimum Gasteiger partial charge on any atom is -0.497 e. The van der Waals surface area contributed by atoms with E-state index in [0.717, 1.165) is 16.3 Å². The summed E-state index contributed by atoms with van der Waals surface area (Å²) in [5, 5.41) is 4.11. The van der Waals surface area contributed by atoms with E-state index in [1.807, 2.05) is 54.6 Å². The Hall–Kier alpha value is -1.81. The van der Waals surface area contributed by atoms with Crippen molar-refractivity contribution in [1.82, 2.24) is 0 Å². The highest BCUT2D eigenvalue weighted by Crippen LogP contribution is 2.23. The molecule has 0 aliphatic heterocycles. The van der Waals surface area contributed by atoms with Gasteiger partial charge in [0.1, 0.15) is 5.75 Å². The van der Waals surface area contributed by atoms with E-state index in [9.17, 15) is 0 Å². The Labute approximate surface area is 105 Å². The first kappa shape index (κ1) is 11.7. The molecule has 0 atom stereocenters. The number of methoxy groups -OCH3 is 1. The summed E-state index contributed by atoms with van der Waals surface area (Å²) in [6, 6.07) is 17.4. The molecule has 0 N–H and O–H groups in total. The molecule has 0 bridgehead atoms. The average Bonchev–Trinajstić information content (AvgIpc) is 2.41. The van der Waals surface area contributed by atoms with E-state index in [-0.39, 0.29) is 0 Å². The predicted octanol–water partition coefficient (Wildman–Crippen LogP) is 4.49. The second-order valence-electron chi connectivity index (χ2n) is 3.28. The van der Waals surface area contributed by atoms with Crippen molar-refractivity contribution in [3.05, 3.63) is 54.6 Å². The summed E-state index contributed by atoms with van der Waals surface area (Å²) >= 11 is 1.35. The van der Waals surface area contributed by atoms with E-state index < -0.39 is 0 Å². The van der Waals surface area contributed by atoms with Gasteiger partial charge in [0.25, 0.3) is 0 Å². The van der Waals surface area contributed by atoms with Crippen molar-refractivity contribution in [3.8, 4) is 5.75 Å². The molecule has 2 rings (SSSR count). The highest BCUT2D eigenvalue weighted by Gasteiger charge is 1.92. The lowest BCUT2D eigenvalue weighted by atomic mass is 10.3. The zero-order valence-electron chi connectivity index (χ0n) is 9.41. The van der Waals surface area contributed by atoms with Crippen LogP contribution < -0.4 is 4.74 Å². The zero-order chi connectivity index (χ0) is 11.9. The van der Waals surface area contributed by atoms with Crippen molar-refractivity contribution in [2.75, 3.05) is 7.11 Å². The lowest BCUT2D eigenvalue weighted by Gasteiger charge is -1.98. The van der Waals surface area contributed by atoms with Crippen LogP contribution in [0.25, 0.3) is 0 Å². The van der Waals surface area contributed by atoms with Gasteiger partial charge in [-0.15, -0.1) is 9.63 Å². The van der Waals surface area contributed by atoms with Crippen LogP contribution in [0.5, 0.6) is 5.75 Å². The number of benzene rings is 2. The van der Waals surface area contributed by atoms with Crippen LogP contribution in [0, 0.1) is 0 Å². The van der Waals surface area contributed by atoms with Gasteiger partial charge in [-0.1, -0.05) is 18.2 Å². The third-order valence-electron chi connectivity index (χ3n) is 2.12. The Morgan fingerprint density at radius 3 is 2.29 bits per heavy atom. The van der Waals surface area contributed by atoms with Crippen molar-refractivity contribution in [2.45, 2.75) is 4.90 Å². The Morgan fingerprint density at radius 1 is 0.941 bits per heavy atom. The van der Waals surface area contributed by atoms with Gasteiger partial charge in [0.15, 0.2) is 0 Å². The maximum Gasteiger partial charge on any atom is 0.119 e. The smallest absolute Gasteiger partial charge is 0.119 e. The normalized spacial score (nSPS) is 10.6. The van der Waals surface area contributed by atoms with Crippen LogP contribution in [0.2, 0.25) is 0 Å². The Morgan fingerprint density at radius 2 is 1.65 bits per heavy atom. The standard InChI is InChI=1S/C13H12N2OS/c1-16-12-9-7-11(8-10-12)14-15-17-13-5-3-2-4-6-13/h2-10H,1H3. The molecule has 0 spiro atoms. The van der Waals surface area contributed by atoms with Crippen molar-refractivity contribution < 1.29 is 4.74 Å². The maximum absolute atomic E-state index is 5.07. The molecule has 0 amide bonds. The van der Waals surface area contributed by atoms with Crippen LogP contribution in [-0.2, 0) is 0 Å². The second-order valence-corrected chi connectivity index (χ2v) is 4.10. The van der Waals surface area contributed by atoms with Crippen LogP contribution in [-0.4, -0.2) is 7.11 Å². The Kier molecular flexibility index (Phi) is 4.16. The molecule has 4 heteroatoms. The van der Waals surface area contributed by atoms with Crippen molar-refractivity contribution in [3.63, 3.8) is 0 Å². The predicted molar refractivity (Wildman–Crippen MR) is 69.8 cm³/mol. The number of hydrogen-bond acceptors (Lipinski definition) is 4. The summed E-state index contributed by atoms with van der Waals surface area (Å²) in [5.41, 5.74) is 0.814. The van der Waals surface area contributed by atoms with E-state index in [4.69, 9.17) is 4.74 Å². The van der Waals surface area contributed by atoms with E-state index >= 15 is 0 Å². The molecule has 0 saturated heterocycles. The lowest BCUT2D eigenvalue weighted by Crippen LogP contribution is -1.79. The summed E-state index contributed by atoms with van der Waals surface area (Å²) in [6.07, 6.45) is 0. The summed E-state index contributed by atoms with van der Waals surface area (Å²) < 4.78 is 9.13. The molecule has 0 aliphatic rings. The molecule has 0 unspecified atom stereocenters. The molecule has 0 saturated carbocycles. The molecular formula is C13H12N2OS. The largest absolute Gasteiger partial charge is 0.497 e. The van der Waals surface area contributed by atoms with Crippen LogP contribution in [0.1, 0.15) is 0 Å². The number of nitrogens with zero attached hydrogens (tertiary/aromatic N) is 2. The van der Waals surface area contributed by atoms with Gasteiger partial charge in [0, 0.05) is 16.8 Å². The summed E-state index contributed by atoms with van der Waals surface area (Å²) in [6.45, 7) is 0. The molecule has 2 aromatic carbocycles. The molecule has 0 fully saturated rings. The van der Waals surface area contributed by atoms with Gasteiger partial charge in [0.05, 0.1) is 12.8 Å². The van der Waals surface area contributed by atoms with Crippen molar-refractivity contribution in [2.24, 2.45) is 9.63 Å². The fourth-order valence-electron chi connectivity index (χ4n) is 1.24. The van der Waals surface area contributed by atoms with E-state index in [1.54, 1.807) is 7.11 Å². The molecule has 0 heterocycles. The molecular weight excluding hydrogens is 232 g/mol. The molecule has 0 aliphatic carbocycles.